The highest BCUT2D eigenvalue weighted by Crippen LogP contribution is 2.20. The van der Waals surface area contributed by atoms with Crippen molar-refractivity contribution >= 4 is 17.3 Å². The van der Waals surface area contributed by atoms with Gasteiger partial charge in [-0.25, -0.2) is 0 Å². The molecule has 0 saturated heterocycles. The summed E-state index contributed by atoms with van der Waals surface area (Å²) >= 11 is 5.82. The third kappa shape index (κ3) is 2.65. The summed E-state index contributed by atoms with van der Waals surface area (Å²) in [6.45, 7) is 4.21. The van der Waals surface area contributed by atoms with E-state index in [-0.39, 0.29) is 0 Å². The van der Waals surface area contributed by atoms with Crippen LogP contribution in [0.2, 0.25) is 5.02 Å². The lowest BCUT2D eigenvalue weighted by Crippen LogP contribution is -2.13. The number of nitrogens with zero attached hydrogens (tertiary/aromatic N) is 1. The van der Waals surface area contributed by atoms with Crippen LogP contribution < -0.4 is 5.32 Å². The van der Waals surface area contributed by atoms with Gasteiger partial charge in [0.15, 0.2) is 0 Å². The van der Waals surface area contributed by atoms with E-state index >= 15 is 0 Å². The van der Waals surface area contributed by atoms with E-state index in [0.29, 0.717) is 16.6 Å². The fraction of sp³-hybridized carbons (Fsp3) is 0.364. The highest BCUT2D eigenvalue weighted by molar-refractivity contribution is 6.31. The predicted molar refractivity (Wildman–Crippen MR) is 59.5 cm³/mol. The van der Waals surface area contributed by atoms with E-state index in [9.17, 15) is 0 Å². The quantitative estimate of drug-likeness (QED) is 0.826. The molecule has 0 amide bonds. The summed E-state index contributed by atoms with van der Waals surface area (Å²) in [5.74, 6) is 0. The Kier molecular flexibility index (Phi) is 3.79. The van der Waals surface area contributed by atoms with Crippen LogP contribution in [-0.2, 0) is 0 Å². The molecule has 1 unspecified atom stereocenters. The van der Waals surface area contributed by atoms with Gasteiger partial charge in [0.05, 0.1) is 10.6 Å². The molecule has 0 saturated carbocycles. The molecule has 1 aromatic carbocycles. The maximum atomic E-state index is 8.77. The van der Waals surface area contributed by atoms with E-state index in [1.807, 2.05) is 6.07 Å². The molecule has 0 aliphatic heterocycles. The van der Waals surface area contributed by atoms with E-state index in [4.69, 9.17) is 16.9 Å². The van der Waals surface area contributed by atoms with Gasteiger partial charge in [-0.2, -0.15) is 5.26 Å². The topological polar surface area (TPSA) is 35.8 Å². The molecule has 0 radical (unpaired) electrons. The second-order valence-corrected chi connectivity index (χ2v) is 3.67. The van der Waals surface area contributed by atoms with Crippen LogP contribution in [0, 0.1) is 11.3 Å². The van der Waals surface area contributed by atoms with Gasteiger partial charge < -0.3 is 5.32 Å². The van der Waals surface area contributed by atoms with E-state index in [2.05, 4.69) is 25.2 Å². The Morgan fingerprint density at radius 1 is 1.57 bits per heavy atom. The Morgan fingerprint density at radius 2 is 2.29 bits per heavy atom. The molecule has 0 bridgehead atoms. The minimum Gasteiger partial charge on any atom is -0.383 e. The first kappa shape index (κ1) is 10.9. The maximum Gasteiger partial charge on any atom is 0.101 e. The average molecular weight is 209 g/mol. The van der Waals surface area contributed by atoms with Gasteiger partial charge in [0.2, 0.25) is 0 Å². The highest BCUT2D eigenvalue weighted by Gasteiger charge is 2.02. The summed E-state index contributed by atoms with van der Waals surface area (Å²) in [5, 5.41) is 12.6. The number of hydrogen-bond donors (Lipinski definition) is 1. The Hall–Kier alpha value is -1.20. The van der Waals surface area contributed by atoms with Crippen molar-refractivity contribution in [3.05, 3.63) is 28.8 Å². The van der Waals surface area contributed by atoms with Crippen LogP contribution in [0.3, 0.4) is 0 Å². The van der Waals surface area contributed by atoms with Crippen molar-refractivity contribution in [3.63, 3.8) is 0 Å². The number of anilines is 1. The van der Waals surface area contributed by atoms with E-state index in [1.54, 1.807) is 12.1 Å². The lowest BCUT2D eigenvalue weighted by molar-refractivity contribution is 0.764. The fourth-order valence-corrected chi connectivity index (χ4v) is 1.25. The summed E-state index contributed by atoms with van der Waals surface area (Å²) in [6.07, 6.45) is 1.05. The van der Waals surface area contributed by atoms with Crippen LogP contribution in [-0.4, -0.2) is 6.04 Å². The van der Waals surface area contributed by atoms with E-state index in [0.717, 1.165) is 12.1 Å². The molecule has 3 heteroatoms. The molecule has 14 heavy (non-hydrogen) atoms. The van der Waals surface area contributed by atoms with Crippen LogP contribution in [0.1, 0.15) is 25.8 Å². The zero-order valence-corrected chi connectivity index (χ0v) is 9.10. The van der Waals surface area contributed by atoms with Gasteiger partial charge in [-0.1, -0.05) is 18.5 Å². The van der Waals surface area contributed by atoms with Gasteiger partial charge in [0.25, 0.3) is 0 Å². The monoisotopic (exact) mass is 208 g/mol. The fourth-order valence-electron chi connectivity index (χ4n) is 1.09. The number of hydrogen-bond acceptors (Lipinski definition) is 2. The lowest BCUT2D eigenvalue weighted by atomic mass is 10.2. The first-order valence-corrected chi connectivity index (χ1v) is 5.01. The molecular formula is C11H13ClN2. The maximum absolute atomic E-state index is 8.77. The second-order valence-electron chi connectivity index (χ2n) is 3.26. The van der Waals surface area contributed by atoms with E-state index < -0.39 is 0 Å². The van der Waals surface area contributed by atoms with Gasteiger partial charge in [0, 0.05) is 11.7 Å². The largest absolute Gasteiger partial charge is 0.383 e. The van der Waals surface area contributed by atoms with Crippen molar-refractivity contribution in [3.8, 4) is 6.07 Å². The number of nitriles is 1. The van der Waals surface area contributed by atoms with Crippen LogP contribution in [0.4, 0.5) is 5.69 Å². The SMILES string of the molecule is CCC(C)Nc1ccc(Cl)c(C#N)c1. The van der Waals surface area contributed by atoms with Crippen LogP contribution in [0.15, 0.2) is 18.2 Å². The molecule has 1 aromatic rings. The molecular weight excluding hydrogens is 196 g/mol. The normalized spacial score (nSPS) is 11.9. The molecule has 1 N–H and O–H groups in total. The second kappa shape index (κ2) is 4.88. The van der Waals surface area contributed by atoms with E-state index in [1.165, 1.54) is 0 Å². The summed E-state index contributed by atoms with van der Waals surface area (Å²) in [5.41, 5.74) is 1.46. The molecule has 1 atom stereocenters. The minimum absolute atomic E-state index is 0.405. The highest BCUT2D eigenvalue weighted by atomic mass is 35.5. The van der Waals surface area contributed by atoms with Gasteiger partial charge in [-0.3, -0.25) is 0 Å². The van der Waals surface area contributed by atoms with Crippen molar-refractivity contribution in [2.24, 2.45) is 0 Å². The molecule has 0 spiro atoms. The molecule has 2 nitrogen and oxygen atoms in total. The predicted octanol–water partition coefficient (Wildman–Crippen LogP) is 3.42. The van der Waals surface area contributed by atoms with Crippen LogP contribution >= 0.6 is 11.6 Å². The number of halogens is 1. The molecule has 0 fully saturated rings. The van der Waals surface area contributed by atoms with Gasteiger partial charge in [0.1, 0.15) is 6.07 Å². The summed E-state index contributed by atoms with van der Waals surface area (Å²) in [6, 6.07) is 7.86. The van der Waals surface area contributed by atoms with Crippen molar-refractivity contribution < 1.29 is 0 Å². The molecule has 0 aliphatic rings. The Balaban J connectivity index is 2.86. The van der Waals surface area contributed by atoms with Crippen LogP contribution in [0.5, 0.6) is 0 Å². The first-order chi connectivity index (χ1) is 6.67. The Morgan fingerprint density at radius 3 is 2.86 bits per heavy atom. The summed E-state index contributed by atoms with van der Waals surface area (Å²) < 4.78 is 0. The third-order valence-corrected chi connectivity index (χ3v) is 2.44. The molecule has 0 aliphatic carbocycles. The van der Waals surface area contributed by atoms with Crippen molar-refractivity contribution in [2.45, 2.75) is 26.3 Å². The van der Waals surface area contributed by atoms with Gasteiger partial charge >= 0.3 is 0 Å². The zero-order chi connectivity index (χ0) is 10.6. The van der Waals surface area contributed by atoms with Gasteiger partial charge in [-0.05, 0) is 31.5 Å². The zero-order valence-electron chi connectivity index (χ0n) is 8.34. The number of rotatable bonds is 3. The van der Waals surface area contributed by atoms with Crippen molar-refractivity contribution in [2.75, 3.05) is 5.32 Å². The Bertz CT molecular complexity index is 355. The molecule has 0 aromatic heterocycles. The number of nitrogens with one attached hydrogen (secondary N) is 1. The Labute approximate surface area is 89.5 Å². The van der Waals surface area contributed by atoms with Crippen LogP contribution in [0.25, 0.3) is 0 Å². The van der Waals surface area contributed by atoms with Gasteiger partial charge in [-0.15, -0.1) is 0 Å². The molecule has 1 rings (SSSR count). The molecule has 0 heterocycles. The standard InChI is InChI=1S/C11H13ClN2/c1-3-8(2)14-10-4-5-11(12)9(6-10)7-13/h4-6,8,14H,3H2,1-2H3. The smallest absolute Gasteiger partial charge is 0.101 e. The molecule has 74 valence electrons. The van der Waals surface area contributed by atoms with Crippen molar-refractivity contribution in [1.29, 1.82) is 5.26 Å². The third-order valence-electron chi connectivity index (χ3n) is 2.11. The minimum atomic E-state index is 0.405. The summed E-state index contributed by atoms with van der Waals surface area (Å²) in [4.78, 5) is 0. The number of benzene rings is 1. The lowest BCUT2D eigenvalue weighted by Gasteiger charge is -2.13. The van der Waals surface area contributed by atoms with Crippen molar-refractivity contribution in [1.82, 2.24) is 0 Å². The summed E-state index contributed by atoms with van der Waals surface area (Å²) in [7, 11) is 0. The average Bonchev–Trinajstić information content (AvgIpc) is 2.20. The first-order valence-electron chi connectivity index (χ1n) is 4.63.